The van der Waals surface area contributed by atoms with Crippen molar-refractivity contribution in [3.05, 3.63) is 35.9 Å². The lowest BCUT2D eigenvalue weighted by molar-refractivity contribution is -0.149. The van der Waals surface area contributed by atoms with E-state index < -0.39 is 0 Å². The number of hydrogen-bond acceptors (Lipinski definition) is 3. The molecular formula is C16H21NO3. The summed E-state index contributed by atoms with van der Waals surface area (Å²) in [6.07, 6.45) is 1.66. The SMILES string of the molecule is COC(=O)[C@H]1CCCN(C(=O)[C@@H](C)c2ccccc2)C1. The third-order valence-corrected chi connectivity index (χ3v) is 3.94. The zero-order valence-corrected chi connectivity index (χ0v) is 12.0. The number of nitrogens with zero attached hydrogens (tertiary/aromatic N) is 1. The molecule has 0 radical (unpaired) electrons. The van der Waals surface area contributed by atoms with Gasteiger partial charge in [-0.3, -0.25) is 9.59 Å². The average molecular weight is 275 g/mol. The maximum Gasteiger partial charge on any atom is 0.310 e. The lowest BCUT2D eigenvalue weighted by Crippen LogP contribution is -2.44. The van der Waals surface area contributed by atoms with Crippen molar-refractivity contribution in [2.75, 3.05) is 20.2 Å². The number of piperidine rings is 1. The van der Waals surface area contributed by atoms with Crippen molar-refractivity contribution in [2.24, 2.45) is 5.92 Å². The Kier molecular flexibility index (Phi) is 4.77. The van der Waals surface area contributed by atoms with E-state index in [1.807, 2.05) is 37.3 Å². The Morgan fingerprint density at radius 1 is 1.30 bits per heavy atom. The van der Waals surface area contributed by atoms with Gasteiger partial charge in [0.15, 0.2) is 0 Å². The lowest BCUT2D eigenvalue weighted by atomic mass is 9.94. The van der Waals surface area contributed by atoms with Gasteiger partial charge in [0.25, 0.3) is 0 Å². The molecule has 1 aliphatic rings. The van der Waals surface area contributed by atoms with E-state index in [-0.39, 0.29) is 23.7 Å². The van der Waals surface area contributed by atoms with Gasteiger partial charge >= 0.3 is 5.97 Å². The number of rotatable bonds is 3. The van der Waals surface area contributed by atoms with Gasteiger partial charge in [0.2, 0.25) is 5.91 Å². The van der Waals surface area contributed by atoms with Crippen LogP contribution in [0.2, 0.25) is 0 Å². The summed E-state index contributed by atoms with van der Waals surface area (Å²) < 4.78 is 4.79. The van der Waals surface area contributed by atoms with Gasteiger partial charge in [0, 0.05) is 13.1 Å². The van der Waals surface area contributed by atoms with Crippen LogP contribution >= 0.6 is 0 Å². The highest BCUT2D eigenvalue weighted by Crippen LogP contribution is 2.23. The van der Waals surface area contributed by atoms with E-state index in [1.165, 1.54) is 7.11 Å². The molecule has 1 heterocycles. The van der Waals surface area contributed by atoms with Crippen LogP contribution in [0.15, 0.2) is 30.3 Å². The fraction of sp³-hybridized carbons (Fsp3) is 0.500. The first-order valence-electron chi connectivity index (χ1n) is 7.05. The highest BCUT2D eigenvalue weighted by Gasteiger charge is 2.31. The van der Waals surface area contributed by atoms with E-state index in [4.69, 9.17) is 4.74 Å². The van der Waals surface area contributed by atoms with Crippen LogP contribution < -0.4 is 0 Å². The summed E-state index contributed by atoms with van der Waals surface area (Å²) in [5, 5.41) is 0. The predicted octanol–water partition coefficient (Wildman–Crippen LogP) is 2.20. The highest BCUT2D eigenvalue weighted by atomic mass is 16.5. The van der Waals surface area contributed by atoms with Gasteiger partial charge in [0.1, 0.15) is 0 Å². The smallest absolute Gasteiger partial charge is 0.310 e. The minimum atomic E-state index is -0.213. The molecule has 1 fully saturated rings. The van der Waals surface area contributed by atoms with Gasteiger partial charge in [0.05, 0.1) is 18.9 Å². The van der Waals surface area contributed by atoms with E-state index in [1.54, 1.807) is 4.90 Å². The van der Waals surface area contributed by atoms with Crippen LogP contribution in [0.1, 0.15) is 31.2 Å². The summed E-state index contributed by atoms with van der Waals surface area (Å²) in [5.41, 5.74) is 1.01. The molecule has 4 heteroatoms. The van der Waals surface area contributed by atoms with E-state index in [2.05, 4.69) is 0 Å². The van der Waals surface area contributed by atoms with Gasteiger partial charge in [-0.1, -0.05) is 30.3 Å². The van der Waals surface area contributed by atoms with E-state index in [9.17, 15) is 9.59 Å². The molecule has 20 heavy (non-hydrogen) atoms. The number of likely N-dealkylation sites (tertiary alicyclic amines) is 1. The maximum absolute atomic E-state index is 12.5. The molecule has 1 aromatic rings. The zero-order valence-electron chi connectivity index (χ0n) is 12.0. The fourth-order valence-electron chi connectivity index (χ4n) is 2.69. The van der Waals surface area contributed by atoms with Gasteiger partial charge in [-0.2, -0.15) is 0 Å². The van der Waals surface area contributed by atoms with Crippen LogP contribution in [0, 0.1) is 5.92 Å². The summed E-state index contributed by atoms with van der Waals surface area (Å²) in [6, 6.07) is 9.74. The Balaban J connectivity index is 2.03. The number of carbonyl (C=O) groups is 2. The lowest BCUT2D eigenvalue weighted by Gasteiger charge is -2.33. The van der Waals surface area contributed by atoms with Gasteiger partial charge in [-0.25, -0.2) is 0 Å². The van der Waals surface area contributed by atoms with Crippen molar-refractivity contribution < 1.29 is 14.3 Å². The third kappa shape index (κ3) is 3.18. The Hall–Kier alpha value is -1.84. The third-order valence-electron chi connectivity index (χ3n) is 3.94. The molecule has 1 amide bonds. The molecule has 0 aliphatic carbocycles. The number of carbonyl (C=O) groups excluding carboxylic acids is 2. The highest BCUT2D eigenvalue weighted by molar-refractivity contribution is 5.84. The summed E-state index contributed by atoms with van der Waals surface area (Å²) >= 11 is 0. The first-order chi connectivity index (χ1) is 9.63. The van der Waals surface area contributed by atoms with Gasteiger partial charge in [-0.05, 0) is 25.3 Å². The second-order valence-corrected chi connectivity index (χ2v) is 5.28. The normalized spacial score (nSPS) is 20.3. The van der Waals surface area contributed by atoms with Crippen molar-refractivity contribution in [2.45, 2.75) is 25.7 Å². The van der Waals surface area contributed by atoms with Crippen molar-refractivity contribution >= 4 is 11.9 Å². The molecule has 1 aromatic carbocycles. The zero-order chi connectivity index (χ0) is 14.5. The van der Waals surface area contributed by atoms with E-state index >= 15 is 0 Å². The molecule has 0 N–H and O–H groups in total. The van der Waals surface area contributed by atoms with E-state index in [0.29, 0.717) is 6.54 Å². The maximum atomic E-state index is 12.5. The number of hydrogen-bond donors (Lipinski definition) is 0. The standard InChI is InChI=1S/C16H21NO3/c1-12(13-7-4-3-5-8-13)15(18)17-10-6-9-14(11-17)16(19)20-2/h3-5,7-8,12,14H,6,9-11H2,1-2H3/t12-,14-/m0/s1. The number of amides is 1. The van der Waals surface area contributed by atoms with Crippen LogP contribution in [-0.4, -0.2) is 37.0 Å². The first kappa shape index (κ1) is 14.6. The summed E-state index contributed by atoms with van der Waals surface area (Å²) in [4.78, 5) is 25.9. The number of benzene rings is 1. The van der Waals surface area contributed by atoms with Gasteiger partial charge < -0.3 is 9.64 Å². The molecule has 0 aromatic heterocycles. The summed E-state index contributed by atoms with van der Waals surface area (Å²) in [5.74, 6) is -0.479. The molecule has 2 rings (SSSR count). The molecular weight excluding hydrogens is 254 g/mol. The molecule has 108 valence electrons. The largest absolute Gasteiger partial charge is 0.469 e. The average Bonchev–Trinajstić information content (AvgIpc) is 2.53. The topological polar surface area (TPSA) is 46.6 Å². The molecule has 0 spiro atoms. The van der Waals surface area contributed by atoms with Crippen LogP contribution in [-0.2, 0) is 14.3 Å². The molecule has 0 bridgehead atoms. The predicted molar refractivity (Wildman–Crippen MR) is 76.2 cm³/mol. The molecule has 4 nitrogen and oxygen atoms in total. The van der Waals surface area contributed by atoms with Crippen molar-refractivity contribution in [1.29, 1.82) is 0 Å². The van der Waals surface area contributed by atoms with Gasteiger partial charge in [-0.15, -0.1) is 0 Å². The molecule has 0 saturated carbocycles. The number of esters is 1. The second kappa shape index (κ2) is 6.55. The van der Waals surface area contributed by atoms with Crippen LogP contribution in [0.25, 0.3) is 0 Å². The second-order valence-electron chi connectivity index (χ2n) is 5.28. The molecule has 1 saturated heterocycles. The fourth-order valence-corrected chi connectivity index (χ4v) is 2.69. The Bertz CT molecular complexity index is 472. The first-order valence-corrected chi connectivity index (χ1v) is 7.05. The Morgan fingerprint density at radius 3 is 2.65 bits per heavy atom. The quantitative estimate of drug-likeness (QED) is 0.794. The van der Waals surface area contributed by atoms with Crippen molar-refractivity contribution in [1.82, 2.24) is 4.90 Å². The minimum absolute atomic E-state index is 0.0878. The van der Waals surface area contributed by atoms with Crippen molar-refractivity contribution in [3.63, 3.8) is 0 Å². The van der Waals surface area contributed by atoms with Crippen molar-refractivity contribution in [3.8, 4) is 0 Å². The van der Waals surface area contributed by atoms with Crippen LogP contribution in [0.3, 0.4) is 0 Å². The van der Waals surface area contributed by atoms with E-state index in [0.717, 1.165) is 24.9 Å². The number of methoxy groups -OCH3 is 1. The van der Waals surface area contributed by atoms with Crippen LogP contribution in [0.4, 0.5) is 0 Å². The molecule has 0 unspecified atom stereocenters. The van der Waals surface area contributed by atoms with Crippen LogP contribution in [0.5, 0.6) is 0 Å². The Labute approximate surface area is 119 Å². The summed E-state index contributed by atoms with van der Waals surface area (Å²) in [6.45, 7) is 3.12. The number of ether oxygens (including phenoxy) is 1. The summed E-state index contributed by atoms with van der Waals surface area (Å²) in [7, 11) is 1.40. The minimum Gasteiger partial charge on any atom is -0.469 e. The molecule has 1 aliphatic heterocycles. The molecule has 2 atom stereocenters. The Morgan fingerprint density at radius 2 is 2.00 bits per heavy atom. The monoisotopic (exact) mass is 275 g/mol.